The molecule has 0 saturated heterocycles. The van der Waals surface area contributed by atoms with Crippen molar-refractivity contribution in [2.24, 2.45) is 11.8 Å². The van der Waals surface area contributed by atoms with Crippen molar-refractivity contribution in [3.8, 4) is 0 Å². The van der Waals surface area contributed by atoms with Gasteiger partial charge >= 0.3 is 0 Å². The summed E-state index contributed by atoms with van der Waals surface area (Å²) in [5.41, 5.74) is 0. The maximum atomic E-state index is 6.04. The molecule has 0 aromatic rings. The molecule has 1 saturated carbocycles. The van der Waals surface area contributed by atoms with E-state index in [0.717, 1.165) is 25.0 Å². The van der Waals surface area contributed by atoms with Gasteiger partial charge in [0.2, 0.25) is 0 Å². The number of ether oxygens (including phenoxy) is 1. The van der Waals surface area contributed by atoms with E-state index in [1.54, 1.807) is 0 Å². The maximum Gasteiger partial charge on any atom is 0.0756 e. The molecule has 3 atom stereocenters. The van der Waals surface area contributed by atoms with Crippen molar-refractivity contribution in [2.45, 2.75) is 78.4 Å². The Bertz CT molecular complexity index is 203. The molecule has 0 bridgehead atoms. The Morgan fingerprint density at radius 1 is 1.17 bits per heavy atom. The molecule has 0 spiro atoms. The van der Waals surface area contributed by atoms with Crippen LogP contribution in [0.1, 0.15) is 66.2 Å². The molecule has 0 aromatic heterocycles. The Morgan fingerprint density at radius 2 is 1.89 bits per heavy atom. The molecular weight excluding hydrogens is 222 g/mol. The van der Waals surface area contributed by atoms with Gasteiger partial charge in [0.05, 0.1) is 6.10 Å². The monoisotopic (exact) mass is 255 g/mol. The largest absolute Gasteiger partial charge is 0.377 e. The average molecular weight is 255 g/mol. The quantitative estimate of drug-likeness (QED) is 0.602. The third-order valence-electron chi connectivity index (χ3n) is 3.94. The van der Waals surface area contributed by atoms with Crippen LogP contribution < -0.4 is 5.32 Å². The van der Waals surface area contributed by atoms with E-state index in [1.165, 1.54) is 38.5 Å². The van der Waals surface area contributed by atoms with E-state index >= 15 is 0 Å². The lowest BCUT2D eigenvalue weighted by Gasteiger charge is -2.30. The van der Waals surface area contributed by atoms with Gasteiger partial charge in [-0.3, -0.25) is 0 Å². The van der Waals surface area contributed by atoms with E-state index in [1.807, 2.05) is 0 Å². The summed E-state index contributed by atoms with van der Waals surface area (Å²) >= 11 is 0. The Morgan fingerprint density at radius 3 is 2.39 bits per heavy atom. The van der Waals surface area contributed by atoms with Crippen molar-refractivity contribution >= 4 is 0 Å². The molecule has 1 aliphatic carbocycles. The van der Waals surface area contributed by atoms with Gasteiger partial charge in [0.15, 0.2) is 0 Å². The Balaban J connectivity index is 2.50. The van der Waals surface area contributed by atoms with Crippen molar-refractivity contribution < 1.29 is 4.74 Å². The molecule has 18 heavy (non-hydrogen) atoms. The summed E-state index contributed by atoms with van der Waals surface area (Å²) in [6.07, 6.45) is 8.32. The molecule has 108 valence electrons. The number of nitrogens with one attached hydrogen (secondary N) is 1. The number of hydrogen-bond donors (Lipinski definition) is 1. The van der Waals surface area contributed by atoms with Crippen molar-refractivity contribution in [1.29, 1.82) is 0 Å². The van der Waals surface area contributed by atoms with Crippen LogP contribution in [0.15, 0.2) is 0 Å². The first kappa shape index (κ1) is 16.0. The summed E-state index contributed by atoms with van der Waals surface area (Å²) in [4.78, 5) is 0. The lowest BCUT2D eigenvalue weighted by Crippen LogP contribution is -2.44. The van der Waals surface area contributed by atoms with E-state index in [0.29, 0.717) is 12.1 Å². The highest BCUT2D eigenvalue weighted by molar-refractivity contribution is 4.91. The fraction of sp³-hybridized carbons (Fsp3) is 1.00. The van der Waals surface area contributed by atoms with Gasteiger partial charge in [0.1, 0.15) is 0 Å². The van der Waals surface area contributed by atoms with Crippen LogP contribution in [0.2, 0.25) is 0 Å². The first-order valence-electron chi connectivity index (χ1n) is 8.07. The van der Waals surface area contributed by atoms with Crippen LogP contribution in [0.4, 0.5) is 0 Å². The van der Waals surface area contributed by atoms with Crippen molar-refractivity contribution in [2.75, 3.05) is 13.2 Å². The van der Waals surface area contributed by atoms with Gasteiger partial charge in [-0.15, -0.1) is 0 Å². The van der Waals surface area contributed by atoms with E-state index in [4.69, 9.17) is 4.74 Å². The number of rotatable bonds is 11. The van der Waals surface area contributed by atoms with Gasteiger partial charge in [-0.1, -0.05) is 33.6 Å². The van der Waals surface area contributed by atoms with Gasteiger partial charge < -0.3 is 10.1 Å². The van der Waals surface area contributed by atoms with Crippen LogP contribution in [0.3, 0.4) is 0 Å². The lowest BCUT2D eigenvalue weighted by molar-refractivity contribution is 0.0131. The zero-order valence-electron chi connectivity index (χ0n) is 12.9. The first-order valence-corrected chi connectivity index (χ1v) is 8.07. The van der Waals surface area contributed by atoms with Crippen LogP contribution in [0, 0.1) is 11.8 Å². The van der Waals surface area contributed by atoms with E-state index in [2.05, 4.69) is 33.0 Å². The third kappa shape index (κ3) is 5.71. The molecule has 3 unspecified atom stereocenters. The second-order valence-electron chi connectivity index (χ2n) is 5.95. The highest BCUT2D eigenvalue weighted by atomic mass is 16.5. The van der Waals surface area contributed by atoms with Crippen LogP contribution in [0.25, 0.3) is 0 Å². The van der Waals surface area contributed by atoms with Crippen LogP contribution in [0.5, 0.6) is 0 Å². The maximum absolute atomic E-state index is 6.04. The first-order chi connectivity index (χ1) is 8.72. The Hall–Kier alpha value is -0.0800. The zero-order valence-corrected chi connectivity index (χ0v) is 12.9. The molecule has 0 amide bonds. The second-order valence-corrected chi connectivity index (χ2v) is 5.95. The highest BCUT2D eigenvalue weighted by Crippen LogP contribution is 2.37. The third-order valence-corrected chi connectivity index (χ3v) is 3.94. The van der Waals surface area contributed by atoms with Gasteiger partial charge in [-0.2, -0.15) is 0 Å². The molecule has 1 N–H and O–H groups in total. The molecule has 2 heteroatoms. The zero-order chi connectivity index (χ0) is 13.4. The summed E-state index contributed by atoms with van der Waals surface area (Å²) in [5, 5.41) is 3.74. The van der Waals surface area contributed by atoms with Crippen molar-refractivity contribution in [3.63, 3.8) is 0 Å². The average Bonchev–Trinajstić information content (AvgIpc) is 3.16. The summed E-state index contributed by atoms with van der Waals surface area (Å²) in [6.45, 7) is 11.0. The Labute approximate surface area is 114 Å². The molecule has 1 aliphatic rings. The minimum Gasteiger partial charge on any atom is -0.377 e. The SMILES string of the molecule is CCCNC(CC(C)CCC)C(OCC)C1CC1. The smallest absolute Gasteiger partial charge is 0.0756 e. The summed E-state index contributed by atoms with van der Waals surface area (Å²) in [5.74, 6) is 1.64. The molecule has 0 radical (unpaired) electrons. The predicted octanol–water partition coefficient (Wildman–Crippen LogP) is 4.00. The van der Waals surface area contributed by atoms with Gasteiger partial charge in [0, 0.05) is 12.6 Å². The fourth-order valence-electron chi connectivity index (χ4n) is 2.91. The molecule has 2 nitrogen and oxygen atoms in total. The summed E-state index contributed by atoms with van der Waals surface area (Å²) < 4.78 is 6.04. The van der Waals surface area contributed by atoms with Crippen LogP contribution in [-0.4, -0.2) is 25.3 Å². The fourth-order valence-corrected chi connectivity index (χ4v) is 2.91. The molecule has 1 fully saturated rings. The molecule has 0 aromatic carbocycles. The number of hydrogen-bond acceptors (Lipinski definition) is 2. The van der Waals surface area contributed by atoms with E-state index < -0.39 is 0 Å². The summed E-state index contributed by atoms with van der Waals surface area (Å²) in [7, 11) is 0. The minimum atomic E-state index is 0.459. The van der Waals surface area contributed by atoms with Crippen molar-refractivity contribution in [1.82, 2.24) is 5.32 Å². The lowest BCUT2D eigenvalue weighted by atomic mass is 9.92. The predicted molar refractivity (Wildman–Crippen MR) is 78.9 cm³/mol. The molecule has 0 aliphatic heterocycles. The van der Waals surface area contributed by atoms with E-state index in [9.17, 15) is 0 Å². The molecule has 0 heterocycles. The van der Waals surface area contributed by atoms with Crippen LogP contribution in [-0.2, 0) is 4.74 Å². The van der Waals surface area contributed by atoms with Crippen molar-refractivity contribution in [3.05, 3.63) is 0 Å². The molecular formula is C16H33NO. The topological polar surface area (TPSA) is 21.3 Å². The van der Waals surface area contributed by atoms with Gasteiger partial charge in [-0.05, 0) is 51.0 Å². The van der Waals surface area contributed by atoms with Gasteiger partial charge in [-0.25, -0.2) is 0 Å². The second kappa shape index (κ2) is 8.92. The van der Waals surface area contributed by atoms with E-state index in [-0.39, 0.29) is 0 Å². The minimum absolute atomic E-state index is 0.459. The Kier molecular flexibility index (Phi) is 7.92. The highest BCUT2D eigenvalue weighted by Gasteiger charge is 2.37. The molecule has 1 rings (SSSR count). The van der Waals surface area contributed by atoms with Crippen LogP contribution >= 0.6 is 0 Å². The summed E-state index contributed by atoms with van der Waals surface area (Å²) in [6, 6.07) is 0.568. The van der Waals surface area contributed by atoms with Gasteiger partial charge in [0.25, 0.3) is 0 Å². The standard InChI is InChI=1S/C16H33NO/c1-5-8-13(4)12-15(17-11-6-2)16(18-7-3)14-9-10-14/h13-17H,5-12H2,1-4H3. The normalized spacial score (nSPS) is 20.7.